The van der Waals surface area contributed by atoms with Gasteiger partial charge in [-0.05, 0) is 6.07 Å². The van der Waals surface area contributed by atoms with Crippen molar-refractivity contribution in [2.75, 3.05) is 26.9 Å². The van der Waals surface area contributed by atoms with Crippen molar-refractivity contribution in [1.29, 1.82) is 0 Å². The lowest BCUT2D eigenvalue weighted by molar-refractivity contribution is 0.0245. The molecule has 0 radical (unpaired) electrons. The van der Waals surface area contributed by atoms with Gasteiger partial charge in [-0.2, -0.15) is 0 Å². The molecule has 5 heteroatoms. The molecular formula is C14H21NO4. The second kappa shape index (κ2) is 6.75. The zero-order chi connectivity index (χ0) is 13.7. The molecule has 3 N–H and O–H groups in total. The maximum atomic E-state index is 9.18. The van der Waals surface area contributed by atoms with Crippen LogP contribution < -0.4 is 15.2 Å². The summed E-state index contributed by atoms with van der Waals surface area (Å²) in [6.07, 6.45) is 1.89. The predicted octanol–water partition coefficient (Wildman–Crippen LogP) is 1.25. The third-order valence-corrected chi connectivity index (χ3v) is 3.27. The number of methoxy groups -OCH3 is 1. The van der Waals surface area contributed by atoms with Crippen molar-refractivity contribution in [3.63, 3.8) is 0 Å². The van der Waals surface area contributed by atoms with Crippen LogP contribution in [0.4, 0.5) is 0 Å². The maximum Gasteiger partial charge on any atom is 0.165 e. The summed E-state index contributed by atoms with van der Waals surface area (Å²) >= 11 is 0. The topological polar surface area (TPSA) is 73.9 Å². The van der Waals surface area contributed by atoms with Gasteiger partial charge >= 0.3 is 0 Å². The lowest BCUT2D eigenvalue weighted by atomic mass is 10.1. The molecule has 0 amide bonds. The lowest BCUT2D eigenvalue weighted by Gasteiger charge is -2.25. The van der Waals surface area contributed by atoms with E-state index in [2.05, 4.69) is 0 Å². The number of para-hydroxylation sites is 1. The van der Waals surface area contributed by atoms with Crippen molar-refractivity contribution in [1.82, 2.24) is 0 Å². The highest BCUT2D eigenvalue weighted by molar-refractivity contribution is 5.48. The van der Waals surface area contributed by atoms with Gasteiger partial charge in [-0.15, -0.1) is 0 Å². The average molecular weight is 267 g/mol. The maximum absolute atomic E-state index is 9.18. The van der Waals surface area contributed by atoms with Gasteiger partial charge in [-0.1, -0.05) is 12.1 Å². The number of benzene rings is 1. The first-order chi connectivity index (χ1) is 9.26. The average Bonchev–Trinajstić information content (AvgIpc) is 2.47. The highest BCUT2D eigenvalue weighted by atomic mass is 16.5. The zero-order valence-electron chi connectivity index (χ0n) is 11.2. The highest BCUT2D eigenvalue weighted by Gasteiger charge is 2.20. The van der Waals surface area contributed by atoms with Gasteiger partial charge in [-0.3, -0.25) is 0 Å². The van der Waals surface area contributed by atoms with Gasteiger partial charge in [0, 0.05) is 18.4 Å². The summed E-state index contributed by atoms with van der Waals surface area (Å²) in [5.74, 6) is 1.28. The lowest BCUT2D eigenvalue weighted by Crippen LogP contribution is -2.26. The first-order valence-corrected chi connectivity index (χ1v) is 6.54. The fourth-order valence-corrected chi connectivity index (χ4v) is 2.21. The largest absolute Gasteiger partial charge is 0.493 e. The third-order valence-electron chi connectivity index (χ3n) is 3.27. The minimum Gasteiger partial charge on any atom is -0.493 e. The molecule has 1 fully saturated rings. The van der Waals surface area contributed by atoms with Crippen molar-refractivity contribution in [3.05, 3.63) is 23.8 Å². The molecule has 1 saturated heterocycles. The molecule has 0 aliphatic carbocycles. The molecule has 106 valence electrons. The molecule has 1 heterocycles. The third kappa shape index (κ3) is 3.37. The zero-order valence-corrected chi connectivity index (χ0v) is 11.2. The van der Waals surface area contributed by atoms with E-state index < -0.39 is 6.04 Å². The van der Waals surface area contributed by atoms with Crippen LogP contribution in [0.15, 0.2) is 18.2 Å². The Labute approximate surface area is 113 Å². The van der Waals surface area contributed by atoms with E-state index in [1.54, 1.807) is 7.11 Å². The molecule has 1 atom stereocenters. The fraction of sp³-hybridized carbons (Fsp3) is 0.571. The van der Waals surface area contributed by atoms with Crippen LogP contribution in [0.1, 0.15) is 24.4 Å². The highest BCUT2D eigenvalue weighted by Crippen LogP contribution is 2.35. The van der Waals surface area contributed by atoms with Gasteiger partial charge in [0.05, 0.1) is 33.0 Å². The molecule has 1 aromatic rings. The Morgan fingerprint density at radius 1 is 1.42 bits per heavy atom. The number of ether oxygens (including phenoxy) is 3. The second-order valence-electron chi connectivity index (χ2n) is 4.60. The van der Waals surface area contributed by atoms with Crippen LogP contribution in [0.25, 0.3) is 0 Å². The Hall–Kier alpha value is -1.30. The molecule has 1 aliphatic rings. The summed E-state index contributed by atoms with van der Waals surface area (Å²) in [6.45, 7) is 1.32. The minimum absolute atomic E-state index is 0.128. The van der Waals surface area contributed by atoms with Crippen molar-refractivity contribution >= 4 is 0 Å². The number of hydrogen-bond acceptors (Lipinski definition) is 5. The molecule has 1 aromatic carbocycles. The van der Waals surface area contributed by atoms with Gasteiger partial charge in [0.2, 0.25) is 0 Å². The monoisotopic (exact) mass is 267 g/mol. The Balaban J connectivity index is 2.19. The van der Waals surface area contributed by atoms with Crippen molar-refractivity contribution < 1.29 is 19.3 Å². The number of aliphatic hydroxyl groups is 1. The molecule has 2 rings (SSSR count). The molecule has 0 aromatic heterocycles. The first kappa shape index (κ1) is 14.1. The Morgan fingerprint density at radius 2 is 2.16 bits per heavy atom. The first-order valence-electron chi connectivity index (χ1n) is 6.54. The summed E-state index contributed by atoms with van der Waals surface area (Å²) in [7, 11) is 1.58. The smallest absolute Gasteiger partial charge is 0.165 e. The van der Waals surface area contributed by atoms with Gasteiger partial charge in [-0.25, -0.2) is 0 Å². The standard InChI is InChI=1S/C14H21NO4/c1-17-14-11(12(15)9-16)3-2-4-13(14)19-10-5-7-18-8-6-10/h2-4,10,12,16H,5-9,15H2,1H3. The molecule has 0 bridgehead atoms. The fourth-order valence-electron chi connectivity index (χ4n) is 2.21. The van der Waals surface area contributed by atoms with Crippen LogP contribution in [0.5, 0.6) is 11.5 Å². The Bertz CT molecular complexity index is 404. The molecule has 0 saturated carbocycles. The van der Waals surface area contributed by atoms with Gasteiger partial charge in [0.1, 0.15) is 6.10 Å². The Kier molecular flexibility index (Phi) is 5.01. The van der Waals surface area contributed by atoms with Crippen LogP contribution >= 0.6 is 0 Å². The summed E-state index contributed by atoms with van der Waals surface area (Å²) in [4.78, 5) is 0. The van der Waals surface area contributed by atoms with Crippen LogP contribution in [-0.4, -0.2) is 38.1 Å². The summed E-state index contributed by atoms with van der Waals surface area (Å²) in [6, 6.07) is 5.11. The van der Waals surface area contributed by atoms with E-state index in [-0.39, 0.29) is 12.7 Å². The minimum atomic E-state index is -0.465. The van der Waals surface area contributed by atoms with Crippen molar-refractivity contribution in [3.8, 4) is 11.5 Å². The molecule has 1 aliphatic heterocycles. The number of rotatable bonds is 5. The number of hydrogen-bond donors (Lipinski definition) is 2. The number of aliphatic hydroxyl groups excluding tert-OH is 1. The van der Waals surface area contributed by atoms with Crippen molar-refractivity contribution in [2.45, 2.75) is 25.0 Å². The van der Waals surface area contributed by atoms with Crippen LogP contribution in [0.3, 0.4) is 0 Å². The predicted molar refractivity (Wildman–Crippen MR) is 71.5 cm³/mol. The van der Waals surface area contributed by atoms with E-state index in [1.165, 1.54) is 0 Å². The van der Waals surface area contributed by atoms with Crippen LogP contribution in [0, 0.1) is 0 Å². The summed E-state index contributed by atoms with van der Waals surface area (Å²) in [5.41, 5.74) is 6.63. The summed E-state index contributed by atoms with van der Waals surface area (Å²) < 4.78 is 16.7. The van der Waals surface area contributed by atoms with E-state index in [0.29, 0.717) is 11.5 Å². The van der Waals surface area contributed by atoms with Gasteiger partial charge in [0.25, 0.3) is 0 Å². The van der Waals surface area contributed by atoms with E-state index in [4.69, 9.17) is 19.9 Å². The SMILES string of the molecule is COc1c(OC2CCOCC2)cccc1C(N)CO. The van der Waals surface area contributed by atoms with E-state index >= 15 is 0 Å². The Morgan fingerprint density at radius 3 is 2.79 bits per heavy atom. The molecule has 0 spiro atoms. The van der Waals surface area contributed by atoms with Gasteiger partial charge < -0.3 is 25.1 Å². The molecule has 5 nitrogen and oxygen atoms in total. The van der Waals surface area contributed by atoms with E-state index in [1.807, 2.05) is 18.2 Å². The van der Waals surface area contributed by atoms with Crippen LogP contribution in [-0.2, 0) is 4.74 Å². The van der Waals surface area contributed by atoms with Crippen molar-refractivity contribution in [2.24, 2.45) is 5.73 Å². The van der Waals surface area contributed by atoms with Crippen LogP contribution in [0.2, 0.25) is 0 Å². The quantitative estimate of drug-likeness (QED) is 0.839. The second-order valence-corrected chi connectivity index (χ2v) is 4.60. The number of nitrogens with two attached hydrogens (primary N) is 1. The molecule has 1 unspecified atom stereocenters. The normalized spacial score (nSPS) is 18.1. The molecular weight excluding hydrogens is 246 g/mol. The van der Waals surface area contributed by atoms with Gasteiger partial charge in [0.15, 0.2) is 11.5 Å². The summed E-state index contributed by atoms with van der Waals surface area (Å²) in [5, 5.41) is 9.18. The molecule has 19 heavy (non-hydrogen) atoms. The van der Waals surface area contributed by atoms with E-state index in [9.17, 15) is 5.11 Å². The van der Waals surface area contributed by atoms with E-state index in [0.717, 1.165) is 31.6 Å².